The highest BCUT2D eigenvalue weighted by atomic mass is 19.1. The van der Waals surface area contributed by atoms with Crippen molar-refractivity contribution in [2.75, 3.05) is 13.2 Å². The highest BCUT2D eigenvalue weighted by molar-refractivity contribution is 5.32. The van der Waals surface area contributed by atoms with E-state index in [9.17, 15) is 4.39 Å². The summed E-state index contributed by atoms with van der Waals surface area (Å²) in [6.07, 6.45) is 2.91. The van der Waals surface area contributed by atoms with Crippen LogP contribution in [0.25, 0.3) is 0 Å². The summed E-state index contributed by atoms with van der Waals surface area (Å²) in [7, 11) is 0. The van der Waals surface area contributed by atoms with E-state index in [0.29, 0.717) is 23.6 Å². The summed E-state index contributed by atoms with van der Waals surface area (Å²) in [5.74, 6) is 0.0807. The average molecular weight is 264 g/mol. The molecule has 3 nitrogen and oxygen atoms in total. The maximum Gasteiger partial charge on any atom is 0.129 e. The number of benzene rings is 1. The number of hydrogen-bond acceptors (Lipinski definition) is 3. The van der Waals surface area contributed by atoms with Gasteiger partial charge < -0.3 is 10.4 Å². The molecule has 0 spiro atoms. The molecule has 0 fully saturated rings. The average Bonchev–Trinajstić information content (AvgIpc) is 2.41. The van der Waals surface area contributed by atoms with Gasteiger partial charge in [0.25, 0.3) is 0 Å². The summed E-state index contributed by atoms with van der Waals surface area (Å²) in [6, 6.07) is 6.44. The van der Waals surface area contributed by atoms with Crippen molar-refractivity contribution < 1.29 is 9.50 Å². The van der Waals surface area contributed by atoms with Crippen molar-refractivity contribution in [2.45, 2.75) is 32.7 Å². The zero-order valence-corrected chi connectivity index (χ0v) is 11.3. The van der Waals surface area contributed by atoms with Gasteiger partial charge in [-0.2, -0.15) is 5.26 Å². The van der Waals surface area contributed by atoms with E-state index < -0.39 is 0 Å². The molecule has 0 amide bonds. The van der Waals surface area contributed by atoms with Crippen LogP contribution in [0.15, 0.2) is 18.2 Å². The second-order valence-corrected chi connectivity index (χ2v) is 4.72. The molecule has 0 saturated heterocycles. The molecule has 0 saturated carbocycles. The van der Waals surface area contributed by atoms with E-state index in [-0.39, 0.29) is 12.4 Å². The van der Waals surface area contributed by atoms with Crippen molar-refractivity contribution in [1.82, 2.24) is 5.32 Å². The molecule has 104 valence electrons. The van der Waals surface area contributed by atoms with Gasteiger partial charge in [0, 0.05) is 18.7 Å². The van der Waals surface area contributed by atoms with Gasteiger partial charge in [-0.15, -0.1) is 0 Å². The van der Waals surface area contributed by atoms with Crippen molar-refractivity contribution in [3.8, 4) is 6.07 Å². The molecule has 0 bridgehead atoms. The fourth-order valence-electron chi connectivity index (χ4n) is 2.11. The molecule has 1 rings (SSSR count). The normalized spacial score (nSPS) is 12.1. The Morgan fingerprint density at radius 3 is 2.79 bits per heavy atom. The Balaban J connectivity index is 2.46. The van der Waals surface area contributed by atoms with Gasteiger partial charge in [0.15, 0.2) is 0 Å². The third-order valence-corrected chi connectivity index (χ3v) is 3.16. The fourth-order valence-corrected chi connectivity index (χ4v) is 2.11. The Labute approximate surface area is 114 Å². The molecule has 0 aliphatic rings. The molecule has 4 heteroatoms. The summed E-state index contributed by atoms with van der Waals surface area (Å²) in [6.45, 7) is 3.53. The van der Waals surface area contributed by atoms with E-state index in [0.717, 1.165) is 25.8 Å². The Morgan fingerprint density at radius 2 is 2.21 bits per heavy atom. The highest BCUT2D eigenvalue weighted by Crippen LogP contribution is 2.12. The smallest absolute Gasteiger partial charge is 0.129 e. The third kappa shape index (κ3) is 5.37. The summed E-state index contributed by atoms with van der Waals surface area (Å²) in [5.41, 5.74) is 0.906. The summed E-state index contributed by atoms with van der Waals surface area (Å²) >= 11 is 0. The molecular weight excluding hydrogens is 243 g/mol. The van der Waals surface area contributed by atoms with Crippen molar-refractivity contribution in [1.29, 1.82) is 5.26 Å². The topological polar surface area (TPSA) is 56.0 Å². The van der Waals surface area contributed by atoms with Gasteiger partial charge in [-0.05, 0) is 37.4 Å². The lowest BCUT2D eigenvalue weighted by Gasteiger charge is -2.15. The number of aliphatic hydroxyl groups is 1. The first-order valence-electron chi connectivity index (χ1n) is 6.71. The van der Waals surface area contributed by atoms with E-state index in [1.54, 1.807) is 12.1 Å². The van der Waals surface area contributed by atoms with Crippen LogP contribution in [0.3, 0.4) is 0 Å². The van der Waals surface area contributed by atoms with Crippen LogP contribution < -0.4 is 5.32 Å². The standard InChI is InChI=1S/C15H21FN2O/c1-2-3-12(6-7-19)10-18-11-14-5-4-13(9-17)8-15(14)16/h4-5,8,12,18-19H,2-3,6-7,10-11H2,1H3. The largest absolute Gasteiger partial charge is 0.396 e. The van der Waals surface area contributed by atoms with Crippen LogP contribution in [0.5, 0.6) is 0 Å². The van der Waals surface area contributed by atoms with Crippen LogP contribution in [0.1, 0.15) is 37.3 Å². The van der Waals surface area contributed by atoms with Crippen LogP contribution in [-0.4, -0.2) is 18.3 Å². The van der Waals surface area contributed by atoms with Gasteiger partial charge in [0.05, 0.1) is 11.6 Å². The number of rotatable bonds is 8. The predicted molar refractivity (Wildman–Crippen MR) is 72.9 cm³/mol. The quantitative estimate of drug-likeness (QED) is 0.758. The SMILES string of the molecule is CCCC(CCO)CNCc1ccc(C#N)cc1F. The lowest BCUT2D eigenvalue weighted by molar-refractivity contribution is 0.248. The van der Waals surface area contributed by atoms with Crippen LogP contribution in [0.4, 0.5) is 4.39 Å². The van der Waals surface area contributed by atoms with Crippen molar-refractivity contribution in [3.63, 3.8) is 0 Å². The van der Waals surface area contributed by atoms with Gasteiger partial charge in [0.1, 0.15) is 5.82 Å². The van der Waals surface area contributed by atoms with E-state index in [2.05, 4.69) is 12.2 Å². The lowest BCUT2D eigenvalue weighted by Crippen LogP contribution is -2.23. The zero-order valence-electron chi connectivity index (χ0n) is 11.3. The van der Waals surface area contributed by atoms with Gasteiger partial charge in [-0.25, -0.2) is 4.39 Å². The first-order valence-corrected chi connectivity index (χ1v) is 6.71. The van der Waals surface area contributed by atoms with E-state index in [1.807, 2.05) is 6.07 Å². The van der Waals surface area contributed by atoms with E-state index >= 15 is 0 Å². The Kier molecular flexibility index (Phi) is 7.09. The molecular formula is C15H21FN2O. The first kappa shape index (κ1) is 15.6. The molecule has 1 atom stereocenters. The summed E-state index contributed by atoms with van der Waals surface area (Å²) < 4.78 is 13.6. The number of nitriles is 1. The monoisotopic (exact) mass is 264 g/mol. The lowest BCUT2D eigenvalue weighted by atomic mass is 10.00. The third-order valence-electron chi connectivity index (χ3n) is 3.16. The molecule has 0 radical (unpaired) electrons. The van der Waals surface area contributed by atoms with Crippen LogP contribution in [-0.2, 0) is 6.54 Å². The molecule has 1 aromatic rings. The van der Waals surface area contributed by atoms with Crippen molar-refractivity contribution in [3.05, 3.63) is 35.1 Å². The maximum atomic E-state index is 13.6. The van der Waals surface area contributed by atoms with Crippen molar-refractivity contribution in [2.24, 2.45) is 5.92 Å². The van der Waals surface area contributed by atoms with E-state index in [1.165, 1.54) is 6.07 Å². The molecule has 1 aromatic carbocycles. The number of aliphatic hydroxyl groups excluding tert-OH is 1. The first-order chi connectivity index (χ1) is 9.21. The highest BCUT2D eigenvalue weighted by Gasteiger charge is 2.08. The number of nitrogens with zero attached hydrogens (tertiary/aromatic N) is 1. The fraction of sp³-hybridized carbons (Fsp3) is 0.533. The summed E-state index contributed by atoms with van der Waals surface area (Å²) in [5, 5.41) is 20.8. The van der Waals surface area contributed by atoms with Gasteiger partial charge >= 0.3 is 0 Å². The Hall–Kier alpha value is -1.44. The second-order valence-electron chi connectivity index (χ2n) is 4.72. The molecule has 1 unspecified atom stereocenters. The Bertz CT molecular complexity index is 423. The molecule has 0 aliphatic heterocycles. The van der Waals surface area contributed by atoms with Crippen molar-refractivity contribution >= 4 is 0 Å². The second kappa shape index (κ2) is 8.63. The molecule has 0 aliphatic carbocycles. The molecule has 0 aromatic heterocycles. The van der Waals surface area contributed by atoms with Gasteiger partial charge in [-0.1, -0.05) is 19.4 Å². The number of halogens is 1. The molecule has 19 heavy (non-hydrogen) atoms. The minimum absolute atomic E-state index is 0.192. The number of nitrogens with one attached hydrogen (secondary N) is 1. The van der Waals surface area contributed by atoms with E-state index in [4.69, 9.17) is 10.4 Å². The van der Waals surface area contributed by atoms with Gasteiger partial charge in [0.2, 0.25) is 0 Å². The number of hydrogen-bond donors (Lipinski definition) is 2. The summed E-state index contributed by atoms with van der Waals surface area (Å²) in [4.78, 5) is 0. The van der Waals surface area contributed by atoms with Gasteiger partial charge in [-0.3, -0.25) is 0 Å². The van der Waals surface area contributed by atoms with Crippen LogP contribution in [0, 0.1) is 23.1 Å². The van der Waals surface area contributed by atoms with Crippen LogP contribution in [0.2, 0.25) is 0 Å². The minimum atomic E-state index is -0.347. The molecule has 2 N–H and O–H groups in total. The maximum absolute atomic E-state index is 13.6. The molecule has 0 heterocycles. The predicted octanol–water partition coefficient (Wildman–Crippen LogP) is 2.59. The minimum Gasteiger partial charge on any atom is -0.396 e. The zero-order chi connectivity index (χ0) is 14.1. The Morgan fingerprint density at radius 1 is 1.42 bits per heavy atom. The van der Waals surface area contributed by atoms with Crippen LogP contribution >= 0.6 is 0 Å².